The van der Waals surface area contributed by atoms with Crippen molar-refractivity contribution in [2.75, 3.05) is 12.3 Å². The lowest BCUT2D eigenvalue weighted by atomic mass is 10.2. The molecule has 1 aromatic carbocycles. The van der Waals surface area contributed by atoms with Crippen molar-refractivity contribution in [3.8, 4) is 11.4 Å². The van der Waals surface area contributed by atoms with Gasteiger partial charge in [0.15, 0.2) is 0 Å². The highest BCUT2D eigenvalue weighted by atomic mass is 16.5. The molecule has 0 atom stereocenters. The molecule has 90 valence electrons. The Morgan fingerprint density at radius 3 is 2.82 bits per heavy atom. The van der Waals surface area contributed by atoms with E-state index in [4.69, 9.17) is 10.5 Å². The molecule has 0 aliphatic carbocycles. The van der Waals surface area contributed by atoms with E-state index in [-0.39, 0.29) is 0 Å². The molecule has 2 aromatic rings. The van der Waals surface area contributed by atoms with Gasteiger partial charge in [0.1, 0.15) is 11.4 Å². The lowest BCUT2D eigenvalue weighted by molar-refractivity contribution is 0.319. The molecule has 1 aromatic heterocycles. The van der Waals surface area contributed by atoms with Crippen LogP contribution in [0.5, 0.6) is 5.75 Å². The van der Waals surface area contributed by atoms with Crippen LogP contribution in [-0.4, -0.2) is 16.4 Å². The van der Waals surface area contributed by atoms with E-state index in [1.807, 2.05) is 37.4 Å². The molecular formula is C13H17N3O. The van der Waals surface area contributed by atoms with Crippen molar-refractivity contribution < 1.29 is 4.74 Å². The van der Waals surface area contributed by atoms with Gasteiger partial charge in [-0.1, -0.05) is 13.0 Å². The first-order valence-electron chi connectivity index (χ1n) is 5.76. The minimum atomic E-state index is 0.629. The van der Waals surface area contributed by atoms with Gasteiger partial charge >= 0.3 is 0 Å². The molecule has 0 aliphatic heterocycles. The number of para-hydroxylation sites is 1. The van der Waals surface area contributed by atoms with E-state index in [2.05, 4.69) is 12.0 Å². The van der Waals surface area contributed by atoms with Gasteiger partial charge in [0.2, 0.25) is 0 Å². The van der Waals surface area contributed by atoms with Crippen LogP contribution in [0.15, 0.2) is 30.5 Å². The first-order chi connectivity index (χ1) is 8.22. The van der Waals surface area contributed by atoms with Gasteiger partial charge in [-0.05, 0) is 31.5 Å². The van der Waals surface area contributed by atoms with Crippen LogP contribution in [0.4, 0.5) is 5.69 Å². The van der Waals surface area contributed by atoms with Gasteiger partial charge in [0.05, 0.1) is 18.0 Å². The Hall–Kier alpha value is -1.97. The van der Waals surface area contributed by atoms with Gasteiger partial charge in [0.25, 0.3) is 0 Å². The zero-order valence-electron chi connectivity index (χ0n) is 10.2. The molecule has 4 nitrogen and oxygen atoms in total. The van der Waals surface area contributed by atoms with Gasteiger partial charge < -0.3 is 10.5 Å². The van der Waals surface area contributed by atoms with E-state index < -0.39 is 0 Å². The standard InChI is InChI=1S/C13H17N3O/c1-3-9-17-12-6-4-5-11(13(12)14)16-8-7-10(2)15-16/h4-8H,3,9,14H2,1-2H3. The average Bonchev–Trinajstić information content (AvgIpc) is 2.74. The summed E-state index contributed by atoms with van der Waals surface area (Å²) in [5.74, 6) is 0.720. The first kappa shape index (κ1) is 11.5. The summed E-state index contributed by atoms with van der Waals surface area (Å²) in [6.07, 6.45) is 2.86. The molecule has 1 heterocycles. The summed E-state index contributed by atoms with van der Waals surface area (Å²) >= 11 is 0. The van der Waals surface area contributed by atoms with Crippen LogP contribution in [0.1, 0.15) is 19.0 Å². The zero-order valence-corrected chi connectivity index (χ0v) is 10.2. The largest absolute Gasteiger partial charge is 0.491 e. The van der Waals surface area contributed by atoms with Gasteiger partial charge in [-0.15, -0.1) is 0 Å². The molecule has 0 fully saturated rings. The third-order valence-electron chi connectivity index (χ3n) is 2.47. The van der Waals surface area contributed by atoms with Crippen LogP contribution in [0.3, 0.4) is 0 Å². The van der Waals surface area contributed by atoms with Gasteiger partial charge in [-0.2, -0.15) is 5.10 Å². The summed E-state index contributed by atoms with van der Waals surface area (Å²) in [7, 11) is 0. The maximum atomic E-state index is 6.08. The molecule has 0 spiro atoms. The van der Waals surface area contributed by atoms with Crippen molar-refractivity contribution in [1.29, 1.82) is 0 Å². The summed E-state index contributed by atoms with van der Waals surface area (Å²) in [6.45, 7) is 4.69. The van der Waals surface area contributed by atoms with Crippen molar-refractivity contribution >= 4 is 5.69 Å². The predicted octanol–water partition coefficient (Wildman–Crippen LogP) is 2.55. The minimum absolute atomic E-state index is 0.629. The number of anilines is 1. The predicted molar refractivity (Wildman–Crippen MR) is 68.5 cm³/mol. The zero-order chi connectivity index (χ0) is 12.3. The van der Waals surface area contributed by atoms with Crippen molar-refractivity contribution in [3.63, 3.8) is 0 Å². The normalized spacial score (nSPS) is 10.5. The van der Waals surface area contributed by atoms with E-state index in [1.54, 1.807) is 4.68 Å². The summed E-state index contributed by atoms with van der Waals surface area (Å²) in [6, 6.07) is 7.68. The third-order valence-corrected chi connectivity index (χ3v) is 2.47. The van der Waals surface area contributed by atoms with Crippen LogP contribution >= 0.6 is 0 Å². The third kappa shape index (κ3) is 2.41. The number of aryl methyl sites for hydroxylation is 1. The van der Waals surface area contributed by atoms with Crippen LogP contribution in [0.2, 0.25) is 0 Å². The quantitative estimate of drug-likeness (QED) is 0.823. The van der Waals surface area contributed by atoms with Crippen LogP contribution in [0, 0.1) is 6.92 Å². The van der Waals surface area contributed by atoms with E-state index >= 15 is 0 Å². The Kier molecular flexibility index (Phi) is 3.32. The molecule has 0 saturated carbocycles. The first-order valence-corrected chi connectivity index (χ1v) is 5.76. The summed E-state index contributed by atoms with van der Waals surface area (Å²) in [5.41, 5.74) is 8.52. The lowest BCUT2D eigenvalue weighted by Gasteiger charge is -2.11. The number of nitrogens with two attached hydrogens (primary N) is 1. The molecule has 0 aliphatic rings. The molecular weight excluding hydrogens is 214 g/mol. The number of nitrogen functional groups attached to an aromatic ring is 1. The summed E-state index contributed by atoms with van der Waals surface area (Å²) in [4.78, 5) is 0. The van der Waals surface area contributed by atoms with Gasteiger partial charge in [-0.25, -0.2) is 4.68 Å². The maximum Gasteiger partial charge on any atom is 0.144 e. The number of ether oxygens (including phenoxy) is 1. The Morgan fingerprint density at radius 1 is 1.35 bits per heavy atom. The number of aromatic nitrogens is 2. The van der Waals surface area contributed by atoms with E-state index in [9.17, 15) is 0 Å². The number of benzene rings is 1. The number of hydrogen-bond donors (Lipinski definition) is 1. The van der Waals surface area contributed by atoms with Crippen molar-refractivity contribution in [3.05, 3.63) is 36.2 Å². The van der Waals surface area contributed by atoms with E-state index in [0.29, 0.717) is 12.3 Å². The number of hydrogen-bond acceptors (Lipinski definition) is 3. The van der Waals surface area contributed by atoms with Crippen LogP contribution < -0.4 is 10.5 Å². The molecule has 0 saturated heterocycles. The lowest BCUT2D eigenvalue weighted by Crippen LogP contribution is -2.04. The van der Waals surface area contributed by atoms with Gasteiger partial charge in [-0.3, -0.25) is 0 Å². The molecule has 0 bridgehead atoms. The van der Waals surface area contributed by atoms with E-state index in [1.165, 1.54) is 0 Å². The second-order valence-electron chi connectivity index (χ2n) is 3.94. The number of nitrogens with zero attached hydrogens (tertiary/aromatic N) is 2. The maximum absolute atomic E-state index is 6.08. The van der Waals surface area contributed by atoms with Crippen LogP contribution in [0.25, 0.3) is 5.69 Å². The highest BCUT2D eigenvalue weighted by Crippen LogP contribution is 2.27. The second-order valence-corrected chi connectivity index (χ2v) is 3.94. The van der Waals surface area contributed by atoms with Crippen LogP contribution in [-0.2, 0) is 0 Å². The Labute approximate surface area is 101 Å². The molecule has 17 heavy (non-hydrogen) atoms. The molecule has 4 heteroatoms. The molecule has 2 rings (SSSR count). The summed E-state index contributed by atoms with van der Waals surface area (Å²) in [5, 5.41) is 4.34. The Morgan fingerprint density at radius 2 is 2.18 bits per heavy atom. The highest BCUT2D eigenvalue weighted by molar-refractivity contribution is 5.66. The molecule has 2 N–H and O–H groups in total. The molecule has 0 amide bonds. The fraction of sp³-hybridized carbons (Fsp3) is 0.308. The number of rotatable bonds is 4. The topological polar surface area (TPSA) is 53.1 Å². The Balaban J connectivity index is 2.35. The Bertz CT molecular complexity index is 505. The van der Waals surface area contributed by atoms with Crippen molar-refractivity contribution in [1.82, 2.24) is 9.78 Å². The average molecular weight is 231 g/mol. The highest BCUT2D eigenvalue weighted by Gasteiger charge is 2.08. The SMILES string of the molecule is CCCOc1cccc(-n2ccc(C)n2)c1N. The molecule has 0 unspecified atom stereocenters. The van der Waals surface area contributed by atoms with Crippen molar-refractivity contribution in [2.45, 2.75) is 20.3 Å². The van der Waals surface area contributed by atoms with Gasteiger partial charge in [0, 0.05) is 6.20 Å². The fourth-order valence-corrected chi connectivity index (χ4v) is 1.62. The van der Waals surface area contributed by atoms with Crippen molar-refractivity contribution in [2.24, 2.45) is 0 Å². The monoisotopic (exact) mass is 231 g/mol. The fourth-order valence-electron chi connectivity index (χ4n) is 1.62. The minimum Gasteiger partial charge on any atom is -0.491 e. The van der Waals surface area contributed by atoms with E-state index in [0.717, 1.165) is 23.6 Å². The molecule has 0 radical (unpaired) electrons. The second kappa shape index (κ2) is 4.91. The summed E-state index contributed by atoms with van der Waals surface area (Å²) < 4.78 is 7.36. The smallest absolute Gasteiger partial charge is 0.144 e.